The van der Waals surface area contributed by atoms with Crippen LogP contribution in [0, 0.1) is 6.92 Å². The molecule has 6 heteroatoms. The quantitative estimate of drug-likeness (QED) is 0.425. The van der Waals surface area contributed by atoms with Crippen LogP contribution in [0.25, 0.3) is 0 Å². The number of anilines is 1. The second-order valence-electron chi connectivity index (χ2n) is 5.34. The average molecular weight is 430 g/mol. The first-order valence-electron chi connectivity index (χ1n) is 7.12. The zero-order valence-electron chi connectivity index (χ0n) is 13.2. The van der Waals surface area contributed by atoms with E-state index in [2.05, 4.69) is 34.5 Å². The molecule has 4 nitrogen and oxygen atoms in total. The summed E-state index contributed by atoms with van der Waals surface area (Å²) in [4.78, 5) is 8.94. The number of rotatable bonds is 5. The second kappa shape index (κ2) is 9.09. The van der Waals surface area contributed by atoms with Crippen molar-refractivity contribution in [2.24, 2.45) is 10.7 Å². The Morgan fingerprint density at radius 3 is 2.82 bits per heavy atom. The van der Waals surface area contributed by atoms with Crippen molar-refractivity contribution in [3.8, 4) is 0 Å². The number of aromatic nitrogens is 1. The van der Waals surface area contributed by atoms with Gasteiger partial charge in [0.05, 0.1) is 10.7 Å². The van der Waals surface area contributed by atoms with Crippen LogP contribution in [0.3, 0.4) is 0 Å². The van der Waals surface area contributed by atoms with Gasteiger partial charge in [0, 0.05) is 30.0 Å². The van der Waals surface area contributed by atoms with Gasteiger partial charge in [0.1, 0.15) is 0 Å². The number of thiazole rings is 1. The molecular weight excluding hydrogens is 407 g/mol. The third-order valence-electron chi connectivity index (χ3n) is 3.00. The molecule has 0 spiro atoms. The fraction of sp³-hybridized carbons (Fsp3) is 0.375. The van der Waals surface area contributed by atoms with E-state index in [4.69, 9.17) is 5.73 Å². The van der Waals surface area contributed by atoms with Gasteiger partial charge in [0.15, 0.2) is 5.96 Å². The summed E-state index contributed by atoms with van der Waals surface area (Å²) in [5.74, 6) is 0.931. The number of halogens is 1. The van der Waals surface area contributed by atoms with Crippen LogP contribution in [-0.4, -0.2) is 17.5 Å². The second-order valence-corrected chi connectivity index (χ2v) is 6.23. The molecule has 0 fully saturated rings. The highest BCUT2D eigenvalue weighted by Crippen LogP contribution is 2.19. The van der Waals surface area contributed by atoms with Gasteiger partial charge in [-0.25, -0.2) is 4.98 Å². The maximum Gasteiger partial charge on any atom is 0.193 e. The molecule has 0 saturated carbocycles. The molecule has 0 aliphatic rings. The van der Waals surface area contributed by atoms with Crippen molar-refractivity contribution >= 4 is 47.0 Å². The lowest BCUT2D eigenvalue weighted by Gasteiger charge is -2.06. The Hall–Kier alpha value is -1.15. The number of aliphatic imine (C=N–C) groups is 1. The number of aryl methyl sites for hydroxylation is 1. The number of benzene rings is 1. The molecule has 0 aliphatic heterocycles. The number of nitrogens with two attached hydrogens (primary N) is 1. The van der Waals surface area contributed by atoms with Crippen LogP contribution in [0.4, 0.5) is 5.69 Å². The van der Waals surface area contributed by atoms with Gasteiger partial charge in [-0.05, 0) is 24.6 Å². The summed E-state index contributed by atoms with van der Waals surface area (Å²) in [6.07, 6.45) is 0.819. The molecule has 2 rings (SSSR count). The van der Waals surface area contributed by atoms with Crippen LogP contribution in [0.15, 0.2) is 34.6 Å². The fourth-order valence-electron chi connectivity index (χ4n) is 1.90. The highest BCUT2D eigenvalue weighted by atomic mass is 127. The fourth-order valence-corrected chi connectivity index (χ4v) is 2.77. The molecule has 2 aromatic rings. The summed E-state index contributed by atoms with van der Waals surface area (Å²) in [5, 5.41) is 6.39. The van der Waals surface area contributed by atoms with E-state index in [1.165, 1.54) is 10.6 Å². The first kappa shape index (κ1) is 18.9. The molecule has 0 aliphatic carbocycles. The van der Waals surface area contributed by atoms with E-state index in [-0.39, 0.29) is 24.0 Å². The monoisotopic (exact) mass is 430 g/mol. The molecule has 1 aromatic heterocycles. The summed E-state index contributed by atoms with van der Waals surface area (Å²) < 4.78 is 0. The van der Waals surface area contributed by atoms with E-state index < -0.39 is 0 Å². The van der Waals surface area contributed by atoms with E-state index in [0.29, 0.717) is 18.4 Å². The van der Waals surface area contributed by atoms with Crippen LogP contribution in [0.2, 0.25) is 0 Å². The van der Waals surface area contributed by atoms with Crippen molar-refractivity contribution in [1.82, 2.24) is 4.98 Å². The van der Waals surface area contributed by atoms with Gasteiger partial charge in [-0.2, -0.15) is 0 Å². The van der Waals surface area contributed by atoms with Crippen LogP contribution >= 0.6 is 35.3 Å². The van der Waals surface area contributed by atoms with Crippen LogP contribution < -0.4 is 11.1 Å². The molecular formula is C16H23IN4S. The third kappa shape index (κ3) is 5.92. The summed E-state index contributed by atoms with van der Waals surface area (Å²) >= 11 is 1.71. The number of hydrogen-bond donors (Lipinski definition) is 2. The van der Waals surface area contributed by atoms with Crippen molar-refractivity contribution in [2.45, 2.75) is 33.1 Å². The van der Waals surface area contributed by atoms with Gasteiger partial charge < -0.3 is 11.1 Å². The van der Waals surface area contributed by atoms with Gasteiger partial charge in [-0.15, -0.1) is 35.3 Å². The van der Waals surface area contributed by atoms with E-state index >= 15 is 0 Å². The minimum Gasteiger partial charge on any atom is -0.370 e. The summed E-state index contributed by atoms with van der Waals surface area (Å²) in [6.45, 7) is 7.01. The van der Waals surface area contributed by atoms with E-state index in [1.807, 2.05) is 31.2 Å². The largest absolute Gasteiger partial charge is 0.370 e. The van der Waals surface area contributed by atoms with E-state index in [0.717, 1.165) is 17.8 Å². The Balaban J connectivity index is 0.00000242. The Morgan fingerprint density at radius 2 is 2.18 bits per heavy atom. The maximum atomic E-state index is 5.89. The van der Waals surface area contributed by atoms with Crippen LogP contribution in [0.5, 0.6) is 0 Å². The molecule has 1 heterocycles. The predicted molar refractivity (Wildman–Crippen MR) is 107 cm³/mol. The van der Waals surface area contributed by atoms with Crippen molar-refractivity contribution in [1.29, 1.82) is 0 Å². The molecule has 1 aromatic carbocycles. The lowest BCUT2D eigenvalue weighted by atomic mass is 10.2. The van der Waals surface area contributed by atoms with Gasteiger partial charge in [-0.3, -0.25) is 4.99 Å². The molecule has 0 amide bonds. The minimum absolute atomic E-state index is 0. The Bertz CT molecular complexity index is 622. The Morgan fingerprint density at radius 1 is 1.41 bits per heavy atom. The molecule has 0 bridgehead atoms. The number of guanidine groups is 1. The molecule has 0 saturated heterocycles. The van der Waals surface area contributed by atoms with Gasteiger partial charge in [-0.1, -0.05) is 26.0 Å². The maximum absolute atomic E-state index is 5.89. The highest BCUT2D eigenvalue weighted by Gasteiger charge is 2.05. The lowest BCUT2D eigenvalue weighted by Crippen LogP contribution is -2.23. The normalized spacial score (nSPS) is 11.4. The smallest absolute Gasteiger partial charge is 0.193 e. The molecule has 120 valence electrons. The van der Waals surface area contributed by atoms with Gasteiger partial charge in [0.2, 0.25) is 0 Å². The zero-order chi connectivity index (χ0) is 15.2. The van der Waals surface area contributed by atoms with E-state index in [9.17, 15) is 0 Å². The summed E-state index contributed by atoms with van der Waals surface area (Å²) in [6, 6.07) is 8.06. The zero-order valence-corrected chi connectivity index (χ0v) is 16.3. The molecule has 0 radical (unpaired) electrons. The Kier molecular flexibility index (Phi) is 7.81. The van der Waals surface area contributed by atoms with E-state index in [1.54, 1.807) is 11.3 Å². The third-order valence-corrected chi connectivity index (χ3v) is 4.20. The molecule has 0 atom stereocenters. The van der Waals surface area contributed by atoms with Crippen molar-refractivity contribution in [3.05, 3.63) is 45.9 Å². The topological polar surface area (TPSA) is 63.3 Å². The standard InChI is InChI=1S/C16H22N4S.HI/c1-11(2)15-19-14(10-21-15)7-8-18-16(17)20-13-6-4-5-12(3)9-13;/h4-6,9-11H,7-8H2,1-3H3,(H3,17,18,20);1H. The summed E-state index contributed by atoms with van der Waals surface area (Å²) in [5.41, 5.74) is 9.14. The lowest BCUT2D eigenvalue weighted by molar-refractivity contribution is 0.831. The number of nitrogens with one attached hydrogen (secondary N) is 1. The number of nitrogens with zero attached hydrogens (tertiary/aromatic N) is 2. The highest BCUT2D eigenvalue weighted by molar-refractivity contribution is 14.0. The average Bonchev–Trinajstić information content (AvgIpc) is 2.87. The Labute approximate surface area is 153 Å². The van der Waals surface area contributed by atoms with Gasteiger partial charge in [0.25, 0.3) is 0 Å². The molecule has 0 unspecified atom stereocenters. The molecule has 3 N–H and O–H groups in total. The van der Waals surface area contributed by atoms with Crippen molar-refractivity contribution in [3.63, 3.8) is 0 Å². The number of hydrogen-bond acceptors (Lipinski definition) is 3. The van der Waals surface area contributed by atoms with Crippen molar-refractivity contribution < 1.29 is 0 Å². The predicted octanol–water partition coefficient (Wildman–Crippen LogP) is 4.16. The van der Waals surface area contributed by atoms with Gasteiger partial charge >= 0.3 is 0 Å². The first-order chi connectivity index (χ1) is 10.0. The summed E-state index contributed by atoms with van der Waals surface area (Å²) in [7, 11) is 0. The van der Waals surface area contributed by atoms with Crippen LogP contribution in [-0.2, 0) is 6.42 Å². The first-order valence-corrected chi connectivity index (χ1v) is 8.00. The van der Waals surface area contributed by atoms with Crippen molar-refractivity contribution in [2.75, 3.05) is 11.9 Å². The minimum atomic E-state index is 0. The van der Waals surface area contributed by atoms with Crippen LogP contribution in [0.1, 0.15) is 36.0 Å². The SMILES string of the molecule is Cc1cccc(NC(N)=NCCc2csc(C(C)C)n2)c1.I. The molecule has 22 heavy (non-hydrogen) atoms.